The number of piperazine rings is 1. The first-order valence-corrected chi connectivity index (χ1v) is 11.3. The van der Waals surface area contributed by atoms with Crippen molar-refractivity contribution < 1.29 is 14.7 Å². The Labute approximate surface area is 190 Å². The molecule has 1 aromatic heterocycles. The Balaban J connectivity index is 1.32. The number of halogens is 1. The van der Waals surface area contributed by atoms with Gasteiger partial charge in [0.1, 0.15) is 17.2 Å². The number of aryl methyl sites for hydroxylation is 1. The molecule has 1 aromatic carbocycles. The van der Waals surface area contributed by atoms with E-state index >= 15 is 0 Å². The lowest BCUT2D eigenvalue weighted by Crippen LogP contribution is -2.59. The lowest BCUT2D eigenvalue weighted by molar-refractivity contribution is -0.155. The second-order valence-electron chi connectivity index (χ2n) is 8.07. The van der Waals surface area contributed by atoms with Gasteiger partial charge in [-0.05, 0) is 37.3 Å². The van der Waals surface area contributed by atoms with Gasteiger partial charge in [0.05, 0.1) is 0 Å². The van der Waals surface area contributed by atoms with Crippen LogP contribution in [0.2, 0.25) is 0 Å². The molecule has 31 heavy (non-hydrogen) atoms. The van der Waals surface area contributed by atoms with E-state index in [2.05, 4.69) is 30.8 Å². The molecule has 0 spiro atoms. The third kappa shape index (κ3) is 4.72. The molecule has 8 nitrogen and oxygen atoms in total. The van der Waals surface area contributed by atoms with E-state index in [1.54, 1.807) is 28.1 Å². The highest BCUT2D eigenvalue weighted by atomic mass is 79.9. The summed E-state index contributed by atoms with van der Waals surface area (Å²) >= 11 is 3.38. The van der Waals surface area contributed by atoms with Gasteiger partial charge in [-0.25, -0.2) is 9.97 Å². The Hall–Kier alpha value is -2.52. The van der Waals surface area contributed by atoms with Crippen molar-refractivity contribution in [1.29, 1.82) is 0 Å². The van der Waals surface area contributed by atoms with Crippen LogP contribution < -0.4 is 4.90 Å². The number of hydrogen-bond acceptors (Lipinski definition) is 6. The Bertz CT molecular complexity index is 952. The first-order chi connectivity index (χ1) is 14.9. The smallest absolute Gasteiger partial charge is 0.254 e. The van der Waals surface area contributed by atoms with Crippen LogP contribution in [0.3, 0.4) is 0 Å². The Morgan fingerprint density at radius 3 is 2.19 bits per heavy atom. The van der Waals surface area contributed by atoms with Crippen molar-refractivity contribution in [3.05, 3.63) is 52.4 Å². The maximum atomic E-state index is 13.1. The Morgan fingerprint density at radius 2 is 1.58 bits per heavy atom. The quantitative estimate of drug-likeness (QED) is 0.710. The number of amides is 2. The number of benzene rings is 1. The van der Waals surface area contributed by atoms with Crippen molar-refractivity contribution in [2.24, 2.45) is 0 Å². The first-order valence-electron chi connectivity index (χ1n) is 10.5. The predicted octanol–water partition coefficient (Wildman–Crippen LogP) is 1.86. The summed E-state index contributed by atoms with van der Waals surface area (Å²) in [7, 11) is 0. The van der Waals surface area contributed by atoms with E-state index in [0.717, 1.165) is 10.3 Å². The van der Waals surface area contributed by atoms with Crippen molar-refractivity contribution in [1.82, 2.24) is 19.8 Å². The van der Waals surface area contributed by atoms with E-state index in [9.17, 15) is 14.7 Å². The van der Waals surface area contributed by atoms with Gasteiger partial charge in [0, 0.05) is 68.3 Å². The molecule has 1 N–H and O–H groups in total. The molecule has 0 saturated carbocycles. The number of carbonyl (C=O) groups is 2. The molecule has 0 bridgehead atoms. The zero-order valence-corrected chi connectivity index (χ0v) is 19.1. The Morgan fingerprint density at radius 1 is 0.968 bits per heavy atom. The monoisotopic (exact) mass is 487 g/mol. The van der Waals surface area contributed by atoms with E-state index in [4.69, 9.17) is 0 Å². The van der Waals surface area contributed by atoms with E-state index < -0.39 is 5.60 Å². The largest absolute Gasteiger partial charge is 0.380 e. The number of carbonyl (C=O) groups excluding carboxylic acids is 2. The zero-order valence-electron chi connectivity index (χ0n) is 17.5. The minimum absolute atomic E-state index is 0.0354. The van der Waals surface area contributed by atoms with Gasteiger partial charge in [-0.15, -0.1) is 0 Å². The zero-order chi connectivity index (χ0) is 22.0. The van der Waals surface area contributed by atoms with Gasteiger partial charge in [0.15, 0.2) is 0 Å². The standard InChI is InChI=1S/C22H26BrN5O3/c1-16-24-9-6-19(25-16)26-10-7-22(31,8-11-26)21(30)28-14-12-27(13-15-28)20(29)17-2-4-18(23)5-3-17/h2-6,9,31H,7-8,10-15H2,1H3. The summed E-state index contributed by atoms with van der Waals surface area (Å²) in [4.78, 5) is 39.8. The van der Waals surface area contributed by atoms with Crippen LogP contribution in [0.15, 0.2) is 41.0 Å². The van der Waals surface area contributed by atoms with Gasteiger partial charge < -0.3 is 19.8 Å². The highest BCUT2D eigenvalue weighted by Gasteiger charge is 2.43. The van der Waals surface area contributed by atoms with Crippen molar-refractivity contribution >= 4 is 33.6 Å². The van der Waals surface area contributed by atoms with Crippen LogP contribution >= 0.6 is 15.9 Å². The fourth-order valence-electron chi connectivity index (χ4n) is 4.12. The molecule has 2 aromatic rings. The topological polar surface area (TPSA) is 89.9 Å². The van der Waals surface area contributed by atoms with Gasteiger partial charge >= 0.3 is 0 Å². The molecular weight excluding hydrogens is 462 g/mol. The maximum absolute atomic E-state index is 13.1. The minimum Gasteiger partial charge on any atom is -0.380 e. The van der Waals surface area contributed by atoms with Crippen molar-refractivity contribution in [2.75, 3.05) is 44.2 Å². The normalized spacial score (nSPS) is 18.7. The number of nitrogens with zero attached hydrogens (tertiary/aromatic N) is 5. The molecule has 2 aliphatic rings. The second kappa shape index (κ2) is 8.92. The first kappa shape index (κ1) is 21.7. The number of anilines is 1. The SMILES string of the molecule is Cc1nccc(N2CCC(O)(C(=O)N3CCN(C(=O)c4ccc(Br)cc4)CC3)CC2)n1. The molecule has 9 heteroatoms. The van der Waals surface area contributed by atoms with E-state index in [1.165, 1.54) is 0 Å². The minimum atomic E-state index is -1.36. The molecule has 3 heterocycles. The lowest BCUT2D eigenvalue weighted by Gasteiger charge is -2.42. The lowest BCUT2D eigenvalue weighted by atomic mass is 9.89. The summed E-state index contributed by atoms with van der Waals surface area (Å²) in [5.74, 6) is 1.25. The third-order valence-corrected chi connectivity index (χ3v) is 6.55. The molecular formula is C22H26BrN5O3. The number of piperidine rings is 1. The second-order valence-corrected chi connectivity index (χ2v) is 8.99. The summed E-state index contributed by atoms with van der Waals surface area (Å²) in [6, 6.07) is 9.12. The average molecular weight is 488 g/mol. The van der Waals surface area contributed by atoms with Gasteiger partial charge in [-0.2, -0.15) is 0 Å². The average Bonchev–Trinajstić information content (AvgIpc) is 2.79. The van der Waals surface area contributed by atoms with Crippen LogP contribution in [0.1, 0.15) is 29.0 Å². The molecule has 0 aliphatic carbocycles. The number of hydrogen-bond donors (Lipinski definition) is 1. The molecule has 0 unspecified atom stereocenters. The van der Waals surface area contributed by atoms with Gasteiger partial charge in [0.25, 0.3) is 11.8 Å². The van der Waals surface area contributed by atoms with Gasteiger partial charge in [-0.1, -0.05) is 15.9 Å². The molecule has 4 rings (SSSR count). The van der Waals surface area contributed by atoms with Crippen LogP contribution in [0, 0.1) is 6.92 Å². The molecule has 2 fully saturated rings. The highest BCUT2D eigenvalue weighted by molar-refractivity contribution is 9.10. The van der Waals surface area contributed by atoms with Crippen LogP contribution in [0.4, 0.5) is 5.82 Å². The fraction of sp³-hybridized carbons (Fsp3) is 0.455. The summed E-state index contributed by atoms with van der Waals surface area (Å²) in [5.41, 5.74) is -0.731. The summed E-state index contributed by atoms with van der Waals surface area (Å²) < 4.78 is 0.925. The number of rotatable bonds is 3. The van der Waals surface area contributed by atoms with Gasteiger partial charge in [-0.3, -0.25) is 9.59 Å². The molecule has 0 atom stereocenters. The predicted molar refractivity (Wildman–Crippen MR) is 120 cm³/mol. The number of aromatic nitrogens is 2. The Kier molecular flexibility index (Phi) is 6.24. The van der Waals surface area contributed by atoms with Crippen LogP contribution in [-0.2, 0) is 4.79 Å². The molecule has 0 radical (unpaired) electrons. The molecule has 2 amide bonds. The van der Waals surface area contributed by atoms with E-state index in [1.807, 2.05) is 25.1 Å². The molecule has 2 saturated heterocycles. The summed E-state index contributed by atoms with van der Waals surface area (Å²) in [6.45, 7) is 4.73. The van der Waals surface area contributed by atoms with Crippen molar-refractivity contribution in [3.63, 3.8) is 0 Å². The van der Waals surface area contributed by atoms with Crippen LogP contribution in [-0.4, -0.2) is 81.6 Å². The van der Waals surface area contributed by atoms with E-state index in [-0.39, 0.29) is 11.8 Å². The maximum Gasteiger partial charge on any atom is 0.254 e. The number of aliphatic hydroxyl groups is 1. The third-order valence-electron chi connectivity index (χ3n) is 6.02. The van der Waals surface area contributed by atoms with Gasteiger partial charge in [0.2, 0.25) is 0 Å². The van der Waals surface area contributed by atoms with E-state index in [0.29, 0.717) is 63.5 Å². The molecule has 164 valence electrons. The van der Waals surface area contributed by atoms with Crippen LogP contribution in [0.25, 0.3) is 0 Å². The molecule has 2 aliphatic heterocycles. The van der Waals surface area contributed by atoms with Crippen LogP contribution in [0.5, 0.6) is 0 Å². The highest BCUT2D eigenvalue weighted by Crippen LogP contribution is 2.28. The van der Waals surface area contributed by atoms with Crippen molar-refractivity contribution in [3.8, 4) is 0 Å². The summed E-state index contributed by atoms with van der Waals surface area (Å²) in [6.07, 6.45) is 2.43. The van der Waals surface area contributed by atoms with Crippen molar-refractivity contribution in [2.45, 2.75) is 25.4 Å². The summed E-state index contributed by atoms with van der Waals surface area (Å²) in [5, 5.41) is 11.1. The fourth-order valence-corrected chi connectivity index (χ4v) is 4.39.